The highest BCUT2D eigenvalue weighted by atomic mass is 35.5. The molecule has 0 aliphatic rings. The molecule has 0 spiro atoms. The zero-order valence-corrected chi connectivity index (χ0v) is 10.5. The third kappa shape index (κ3) is 2.46. The second-order valence-electron chi connectivity index (χ2n) is 3.27. The molecular formula is C11H5Cl3FNO. The molecule has 88 valence electrons. The van der Waals surface area contributed by atoms with E-state index >= 15 is 0 Å². The van der Waals surface area contributed by atoms with Gasteiger partial charge in [0, 0.05) is 16.7 Å². The molecule has 1 N–H and O–H groups in total. The van der Waals surface area contributed by atoms with E-state index in [4.69, 9.17) is 39.9 Å². The maximum absolute atomic E-state index is 13.6. The van der Waals surface area contributed by atoms with Crippen LogP contribution in [0.4, 0.5) is 4.39 Å². The number of hydrogen-bond donors (Lipinski definition) is 1. The second-order valence-corrected chi connectivity index (χ2v) is 4.49. The zero-order chi connectivity index (χ0) is 12.6. The van der Waals surface area contributed by atoms with Crippen molar-refractivity contribution in [2.45, 2.75) is 0 Å². The maximum atomic E-state index is 13.6. The van der Waals surface area contributed by atoms with Crippen LogP contribution in [0.2, 0.25) is 15.1 Å². The predicted molar refractivity (Wildman–Crippen MR) is 66.3 cm³/mol. The number of hydrogen-bond acceptors (Lipinski definition) is 2. The highest BCUT2D eigenvalue weighted by Crippen LogP contribution is 2.36. The van der Waals surface area contributed by atoms with Crippen LogP contribution in [0.3, 0.4) is 0 Å². The highest BCUT2D eigenvalue weighted by Gasteiger charge is 2.14. The zero-order valence-electron chi connectivity index (χ0n) is 8.22. The van der Waals surface area contributed by atoms with E-state index in [0.717, 1.165) is 12.3 Å². The van der Waals surface area contributed by atoms with Crippen LogP contribution in [0.25, 0.3) is 11.3 Å². The molecule has 0 aliphatic heterocycles. The molecule has 0 saturated carbocycles. The first-order chi connectivity index (χ1) is 7.99. The van der Waals surface area contributed by atoms with Gasteiger partial charge in [-0.25, -0.2) is 9.37 Å². The molecule has 0 amide bonds. The van der Waals surface area contributed by atoms with E-state index in [1.54, 1.807) is 0 Å². The summed E-state index contributed by atoms with van der Waals surface area (Å²) in [6, 6.07) is 3.85. The Hall–Kier alpha value is -1.03. The third-order valence-corrected chi connectivity index (χ3v) is 3.10. The van der Waals surface area contributed by atoms with Gasteiger partial charge < -0.3 is 5.11 Å². The van der Waals surface area contributed by atoms with Crippen LogP contribution in [-0.4, -0.2) is 10.1 Å². The summed E-state index contributed by atoms with van der Waals surface area (Å²) in [5.41, 5.74) is 0.263. The minimum atomic E-state index is -0.703. The molecular weight excluding hydrogens is 287 g/mol. The lowest BCUT2D eigenvalue weighted by atomic mass is 10.1. The van der Waals surface area contributed by atoms with E-state index in [2.05, 4.69) is 4.98 Å². The summed E-state index contributed by atoms with van der Waals surface area (Å²) in [6.45, 7) is 0. The first kappa shape index (κ1) is 12.4. The summed E-state index contributed by atoms with van der Waals surface area (Å²) in [5, 5.41) is 9.77. The second kappa shape index (κ2) is 4.69. The van der Waals surface area contributed by atoms with Crippen molar-refractivity contribution in [2.75, 3.05) is 0 Å². The lowest BCUT2D eigenvalue weighted by Gasteiger charge is -2.07. The van der Waals surface area contributed by atoms with Gasteiger partial charge in [0.25, 0.3) is 0 Å². The van der Waals surface area contributed by atoms with Gasteiger partial charge in [0.2, 0.25) is 0 Å². The van der Waals surface area contributed by atoms with Crippen molar-refractivity contribution in [3.8, 4) is 17.0 Å². The van der Waals surface area contributed by atoms with E-state index < -0.39 is 5.82 Å². The molecule has 0 atom stereocenters. The molecule has 2 rings (SSSR count). The van der Waals surface area contributed by atoms with E-state index in [1.807, 2.05) is 0 Å². The van der Waals surface area contributed by atoms with Crippen molar-refractivity contribution in [1.82, 2.24) is 4.98 Å². The molecule has 0 bridgehead atoms. The molecule has 0 radical (unpaired) electrons. The van der Waals surface area contributed by atoms with Crippen molar-refractivity contribution in [1.29, 1.82) is 0 Å². The summed E-state index contributed by atoms with van der Waals surface area (Å²) in [6.07, 6.45) is 1.11. The number of nitrogens with zero attached hydrogens (tertiary/aromatic N) is 1. The summed E-state index contributed by atoms with van der Waals surface area (Å²) < 4.78 is 13.6. The first-order valence-corrected chi connectivity index (χ1v) is 5.62. The van der Waals surface area contributed by atoms with Crippen LogP contribution < -0.4 is 0 Å². The molecule has 2 nitrogen and oxygen atoms in total. The van der Waals surface area contributed by atoms with Crippen LogP contribution in [0.1, 0.15) is 0 Å². The number of rotatable bonds is 1. The Labute approximate surface area is 112 Å². The summed E-state index contributed by atoms with van der Waals surface area (Å²) in [7, 11) is 0. The smallest absolute Gasteiger partial charge is 0.153 e. The maximum Gasteiger partial charge on any atom is 0.153 e. The summed E-state index contributed by atoms with van der Waals surface area (Å²) in [5.74, 6) is -0.972. The number of aromatic hydroxyl groups is 1. The van der Waals surface area contributed by atoms with Crippen molar-refractivity contribution in [2.24, 2.45) is 0 Å². The van der Waals surface area contributed by atoms with Crippen molar-refractivity contribution >= 4 is 34.8 Å². The molecule has 0 saturated heterocycles. The standard InChI is InChI=1S/C11H5Cl3FNO/c12-5-1-7(10(14)8(13)2-5)11-9(15)3-6(17)4-16-11/h1-4,17H. The molecule has 2 aromatic rings. The lowest BCUT2D eigenvalue weighted by Crippen LogP contribution is -1.90. The Morgan fingerprint density at radius 3 is 2.47 bits per heavy atom. The largest absolute Gasteiger partial charge is 0.506 e. The van der Waals surface area contributed by atoms with E-state index in [0.29, 0.717) is 5.02 Å². The Morgan fingerprint density at radius 1 is 1.12 bits per heavy atom. The van der Waals surface area contributed by atoms with Crippen LogP contribution in [0.15, 0.2) is 24.4 Å². The van der Waals surface area contributed by atoms with Gasteiger partial charge in [-0.05, 0) is 12.1 Å². The average molecular weight is 293 g/mol. The van der Waals surface area contributed by atoms with Gasteiger partial charge in [0.1, 0.15) is 11.4 Å². The van der Waals surface area contributed by atoms with Gasteiger partial charge in [-0.15, -0.1) is 0 Å². The number of pyridine rings is 1. The Morgan fingerprint density at radius 2 is 1.82 bits per heavy atom. The summed E-state index contributed by atoms with van der Waals surface area (Å²) in [4.78, 5) is 3.76. The van der Waals surface area contributed by atoms with Crippen molar-refractivity contribution < 1.29 is 9.50 Å². The van der Waals surface area contributed by atoms with Crippen LogP contribution in [-0.2, 0) is 0 Å². The average Bonchev–Trinajstić information content (AvgIpc) is 2.24. The summed E-state index contributed by atoms with van der Waals surface area (Å²) >= 11 is 17.6. The van der Waals surface area contributed by atoms with Gasteiger partial charge in [-0.2, -0.15) is 0 Å². The van der Waals surface area contributed by atoms with Crippen molar-refractivity contribution in [3.63, 3.8) is 0 Å². The number of benzene rings is 1. The van der Waals surface area contributed by atoms with Gasteiger partial charge in [0.15, 0.2) is 5.82 Å². The molecule has 17 heavy (non-hydrogen) atoms. The van der Waals surface area contributed by atoms with Gasteiger partial charge >= 0.3 is 0 Å². The highest BCUT2D eigenvalue weighted by molar-refractivity contribution is 6.45. The van der Waals surface area contributed by atoms with Crippen LogP contribution in [0.5, 0.6) is 5.75 Å². The topological polar surface area (TPSA) is 33.1 Å². The fourth-order valence-electron chi connectivity index (χ4n) is 1.35. The molecule has 6 heteroatoms. The van der Waals surface area contributed by atoms with Crippen molar-refractivity contribution in [3.05, 3.63) is 45.3 Å². The van der Waals surface area contributed by atoms with Crippen LogP contribution in [0, 0.1) is 5.82 Å². The normalized spacial score (nSPS) is 10.6. The first-order valence-electron chi connectivity index (χ1n) is 4.48. The van der Waals surface area contributed by atoms with Gasteiger partial charge in [-0.1, -0.05) is 34.8 Å². The fourth-order valence-corrected chi connectivity index (χ4v) is 2.05. The number of halogens is 4. The third-order valence-electron chi connectivity index (χ3n) is 2.07. The number of aromatic nitrogens is 1. The minimum absolute atomic E-state index is 0.0165. The van der Waals surface area contributed by atoms with Gasteiger partial charge in [-0.3, -0.25) is 0 Å². The Kier molecular flexibility index (Phi) is 3.43. The van der Waals surface area contributed by atoms with E-state index in [1.165, 1.54) is 12.1 Å². The Balaban J connectivity index is 2.68. The lowest BCUT2D eigenvalue weighted by molar-refractivity contribution is 0.466. The molecule has 0 fully saturated rings. The van der Waals surface area contributed by atoms with E-state index in [9.17, 15) is 4.39 Å². The van der Waals surface area contributed by atoms with E-state index in [-0.39, 0.29) is 27.1 Å². The SMILES string of the molecule is Oc1cnc(-c2cc(Cl)cc(Cl)c2Cl)c(F)c1. The minimum Gasteiger partial charge on any atom is -0.506 e. The molecule has 0 unspecified atom stereocenters. The van der Waals surface area contributed by atoms with Gasteiger partial charge in [0.05, 0.1) is 16.2 Å². The van der Waals surface area contributed by atoms with Crippen LogP contribution >= 0.6 is 34.8 Å². The molecule has 1 aromatic heterocycles. The Bertz CT molecular complexity index is 589. The molecule has 1 heterocycles. The quantitative estimate of drug-likeness (QED) is 0.782. The predicted octanol–water partition coefficient (Wildman–Crippen LogP) is 4.55. The fraction of sp³-hybridized carbons (Fsp3) is 0. The molecule has 0 aliphatic carbocycles. The molecule has 1 aromatic carbocycles. The monoisotopic (exact) mass is 291 g/mol.